The number of thiazole rings is 2. The highest BCUT2D eigenvalue weighted by Gasteiger charge is 2.14. The quantitative estimate of drug-likeness (QED) is 0.756. The van der Waals surface area contributed by atoms with Crippen molar-refractivity contribution < 1.29 is 14.3 Å². The Morgan fingerprint density at radius 2 is 1.95 bits per heavy atom. The van der Waals surface area contributed by atoms with Crippen LogP contribution in [0.1, 0.15) is 30.2 Å². The molecule has 0 saturated carbocycles. The molecule has 0 radical (unpaired) electrons. The number of aryl methyl sites for hydroxylation is 1. The summed E-state index contributed by atoms with van der Waals surface area (Å²) in [6.45, 7) is 5.95. The highest BCUT2D eigenvalue weighted by Crippen LogP contribution is 2.21. The molecule has 0 aromatic carbocycles. The molecule has 0 bridgehead atoms. The van der Waals surface area contributed by atoms with Gasteiger partial charge in [-0.2, -0.15) is 0 Å². The smallest absolute Gasteiger partial charge is 0.312 e. The molecule has 1 amide bonds. The van der Waals surface area contributed by atoms with E-state index in [1.54, 1.807) is 10.3 Å². The average molecular weight is 339 g/mol. The number of hydrogen-bond donors (Lipinski definition) is 0. The van der Waals surface area contributed by atoms with Crippen molar-refractivity contribution in [3.63, 3.8) is 0 Å². The fourth-order valence-corrected chi connectivity index (χ4v) is 3.35. The summed E-state index contributed by atoms with van der Waals surface area (Å²) in [6.07, 6.45) is 0.163. The Bertz CT molecular complexity index is 666. The second-order valence-electron chi connectivity index (χ2n) is 4.58. The molecule has 2 heterocycles. The zero-order valence-corrected chi connectivity index (χ0v) is 14.3. The van der Waals surface area contributed by atoms with Crippen LogP contribution in [0.15, 0.2) is 10.8 Å². The van der Waals surface area contributed by atoms with Crippen molar-refractivity contribution in [2.45, 2.75) is 33.8 Å². The topological polar surface area (TPSA) is 72.4 Å². The Morgan fingerprint density at radius 1 is 1.23 bits per heavy atom. The maximum Gasteiger partial charge on any atom is 0.312 e. The van der Waals surface area contributed by atoms with Gasteiger partial charge in [0.05, 0.1) is 22.8 Å². The van der Waals surface area contributed by atoms with Gasteiger partial charge < -0.3 is 4.74 Å². The molecule has 0 fully saturated rings. The van der Waals surface area contributed by atoms with Gasteiger partial charge in [0.2, 0.25) is 5.91 Å². The Kier molecular flexibility index (Phi) is 5.62. The van der Waals surface area contributed by atoms with Crippen molar-refractivity contribution in [3.8, 4) is 0 Å². The summed E-state index contributed by atoms with van der Waals surface area (Å²) in [5.74, 6) is -0.391. The lowest BCUT2D eigenvalue weighted by atomic mass is 10.3. The highest BCUT2D eigenvalue weighted by molar-refractivity contribution is 7.14. The van der Waals surface area contributed by atoms with E-state index in [1.807, 2.05) is 19.2 Å². The van der Waals surface area contributed by atoms with Crippen LogP contribution in [-0.4, -0.2) is 28.4 Å². The predicted molar refractivity (Wildman–Crippen MR) is 86.2 cm³/mol. The molecule has 0 aliphatic carbocycles. The Hall–Kier alpha value is -1.80. The largest absolute Gasteiger partial charge is 0.459 e. The van der Waals surface area contributed by atoms with Crippen molar-refractivity contribution in [1.29, 1.82) is 0 Å². The molecule has 0 saturated heterocycles. The summed E-state index contributed by atoms with van der Waals surface area (Å²) >= 11 is 2.87. The zero-order chi connectivity index (χ0) is 16.1. The number of carbonyl (C=O) groups excluding carboxylic acids is 2. The number of hydrogen-bond acceptors (Lipinski definition) is 7. The third kappa shape index (κ3) is 4.35. The van der Waals surface area contributed by atoms with Crippen molar-refractivity contribution in [2.24, 2.45) is 0 Å². The maximum absolute atomic E-state index is 11.8. The van der Waals surface area contributed by atoms with Crippen LogP contribution in [0.2, 0.25) is 0 Å². The van der Waals surface area contributed by atoms with E-state index in [4.69, 9.17) is 4.74 Å². The molecule has 0 atom stereocenters. The first-order chi connectivity index (χ1) is 10.5. The first kappa shape index (κ1) is 16.6. The fraction of sp³-hybridized carbons (Fsp3) is 0.429. The van der Waals surface area contributed by atoms with Crippen LogP contribution in [0, 0.1) is 6.92 Å². The van der Waals surface area contributed by atoms with Gasteiger partial charge in [-0.3, -0.25) is 14.5 Å². The minimum atomic E-state index is -0.334. The van der Waals surface area contributed by atoms with Gasteiger partial charge in [0.1, 0.15) is 6.61 Å². The van der Waals surface area contributed by atoms with Gasteiger partial charge in [0.25, 0.3) is 0 Å². The number of anilines is 1. The summed E-state index contributed by atoms with van der Waals surface area (Å²) in [4.78, 5) is 33.3. The Balaban J connectivity index is 1.88. The maximum atomic E-state index is 11.8. The van der Waals surface area contributed by atoms with Gasteiger partial charge in [-0.1, -0.05) is 0 Å². The fourth-order valence-electron chi connectivity index (χ4n) is 1.82. The Labute approximate surface area is 136 Å². The van der Waals surface area contributed by atoms with E-state index >= 15 is 0 Å². The van der Waals surface area contributed by atoms with Gasteiger partial charge in [0.15, 0.2) is 5.13 Å². The lowest BCUT2D eigenvalue weighted by Crippen LogP contribution is -2.27. The molecular formula is C14H17N3O3S2. The predicted octanol–water partition coefficient (Wildman–Crippen LogP) is 2.57. The van der Waals surface area contributed by atoms with E-state index in [2.05, 4.69) is 9.97 Å². The van der Waals surface area contributed by atoms with E-state index in [9.17, 15) is 9.59 Å². The molecule has 0 aliphatic heterocycles. The number of rotatable bonds is 6. The van der Waals surface area contributed by atoms with Crippen molar-refractivity contribution in [1.82, 2.24) is 9.97 Å². The second kappa shape index (κ2) is 7.46. The number of aromatic nitrogens is 2. The van der Waals surface area contributed by atoms with E-state index in [1.165, 1.54) is 29.6 Å². The van der Waals surface area contributed by atoms with Crippen molar-refractivity contribution >= 4 is 39.7 Å². The van der Waals surface area contributed by atoms with Crippen LogP contribution in [0.4, 0.5) is 5.13 Å². The number of esters is 1. The molecule has 0 unspecified atom stereocenters. The number of nitrogens with zero attached hydrogens (tertiary/aromatic N) is 3. The second-order valence-corrected chi connectivity index (χ2v) is 6.48. The monoisotopic (exact) mass is 339 g/mol. The molecule has 2 rings (SSSR count). The van der Waals surface area contributed by atoms with Crippen LogP contribution in [0.3, 0.4) is 0 Å². The number of carbonyl (C=O) groups is 2. The standard InChI is InChI=1S/C14H17N3O3S2/c1-4-17(10(3)18)14-16-12(8-22-14)6-20-13(19)5-11-7-21-9(2)15-11/h7-8H,4-6H2,1-3H3. The van der Waals surface area contributed by atoms with Crippen LogP contribution in [0.25, 0.3) is 0 Å². The molecule has 118 valence electrons. The first-order valence-corrected chi connectivity index (χ1v) is 8.54. The summed E-state index contributed by atoms with van der Waals surface area (Å²) in [5, 5.41) is 5.19. The molecule has 0 spiro atoms. The lowest BCUT2D eigenvalue weighted by Gasteiger charge is -2.14. The summed E-state index contributed by atoms with van der Waals surface area (Å²) < 4.78 is 5.19. The third-order valence-corrected chi connectivity index (χ3v) is 4.57. The van der Waals surface area contributed by atoms with Gasteiger partial charge in [-0.05, 0) is 13.8 Å². The van der Waals surface area contributed by atoms with E-state index in [0.29, 0.717) is 17.4 Å². The molecule has 8 heteroatoms. The zero-order valence-electron chi connectivity index (χ0n) is 12.7. The van der Waals surface area contributed by atoms with Crippen molar-refractivity contribution in [2.75, 3.05) is 11.4 Å². The summed E-state index contributed by atoms with van der Waals surface area (Å²) in [6, 6.07) is 0. The van der Waals surface area contributed by atoms with Gasteiger partial charge in [-0.15, -0.1) is 22.7 Å². The third-order valence-electron chi connectivity index (χ3n) is 2.84. The first-order valence-electron chi connectivity index (χ1n) is 6.78. The molecule has 2 aromatic rings. The number of amides is 1. The molecule has 2 aromatic heterocycles. The molecule has 0 N–H and O–H groups in total. The molecular weight excluding hydrogens is 322 g/mol. The van der Waals surface area contributed by atoms with E-state index in [-0.39, 0.29) is 24.9 Å². The minimum absolute atomic E-state index is 0.0562. The summed E-state index contributed by atoms with van der Waals surface area (Å²) in [7, 11) is 0. The SMILES string of the molecule is CCN(C(C)=O)c1nc(COC(=O)Cc2csc(C)n2)cs1. The lowest BCUT2D eigenvalue weighted by molar-refractivity contribution is -0.144. The van der Waals surface area contributed by atoms with Crippen LogP contribution in [0.5, 0.6) is 0 Å². The van der Waals surface area contributed by atoms with E-state index in [0.717, 1.165) is 10.7 Å². The van der Waals surface area contributed by atoms with Crippen LogP contribution >= 0.6 is 22.7 Å². The minimum Gasteiger partial charge on any atom is -0.459 e. The van der Waals surface area contributed by atoms with Crippen LogP contribution < -0.4 is 4.90 Å². The van der Waals surface area contributed by atoms with Gasteiger partial charge >= 0.3 is 5.97 Å². The molecule has 0 aliphatic rings. The summed E-state index contributed by atoms with van der Waals surface area (Å²) in [5.41, 5.74) is 1.36. The highest BCUT2D eigenvalue weighted by atomic mass is 32.1. The Morgan fingerprint density at radius 3 is 2.55 bits per heavy atom. The van der Waals surface area contributed by atoms with Crippen LogP contribution in [-0.2, 0) is 27.4 Å². The van der Waals surface area contributed by atoms with Crippen molar-refractivity contribution in [3.05, 3.63) is 27.2 Å². The molecule has 22 heavy (non-hydrogen) atoms. The van der Waals surface area contributed by atoms with Gasteiger partial charge in [0, 0.05) is 24.2 Å². The normalized spacial score (nSPS) is 10.5. The number of ether oxygens (including phenoxy) is 1. The van der Waals surface area contributed by atoms with E-state index < -0.39 is 0 Å². The molecule has 6 nitrogen and oxygen atoms in total. The average Bonchev–Trinajstić information content (AvgIpc) is 3.07. The van der Waals surface area contributed by atoms with Gasteiger partial charge in [-0.25, -0.2) is 9.97 Å².